The van der Waals surface area contributed by atoms with Crippen molar-refractivity contribution >= 4 is 41.9 Å². The van der Waals surface area contributed by atoms with E-state index in [1.165, 1.54) is 6.07 Å². The summed E-state index contributed by atoms with van der Waals surface area (Å²) in [6.07, 6.45) is 1.57. The van der Waals surface area contributed by atoms with Crippen molar-refractivity contribution in [3.8, 4) is 0 Å². The Morgan fingerprint density at radius 2 is 2.10 bits per heavy atom. The van der Waals surface area contributed by atoms with Crippen molar-refractivity contribution in [1.29, 1.82) is 0 Å². The van der Waals surface area contributed by atoms with Crippen LogP contribution in [-0.4, -0.2) is 23.2 Å². The number of aryl methyl sites for hydroxylation is 1. The van der Waals surface area contributed by atoms with Gasteiger partial charge in [-0.3, -0.25) is 0 Å². The Labute approximate surface area is 133 Å². The summed E-state index contributed by atoms with van der Waals surface area (Å²) < 4.78 is 30.1. The number of sulfonamides is 1. The van der Waals surface area contributed by atoms with Crippen molar-refractivity contribution in [3.63, 3.8) is 0 Å². The van der Waals surface area contributed by atoms with Gasteiger partial charge in [-0.1, -0.05) is 15.9 Å². The van der Waals surface area contributed by atoms with Gasteiger partial charge in [0.15, 0.2) is 0 Å². The lowest BCUT2D eigenvalue weighted by Crippen LogP contribution is -2.25. The van der Waals surface area contributed by atoms with Crippen LogP contribution in [0.1, 0.15) is 12.7 Å². The van der Waals surface area contributed by atoms with Crippen molar-refractivity contribution in [3.05, 3.63) is 39.3 Å². The van der Waals surface area contributed by atoms with Gasteiger partial charge in [0.05, 0.1) is 11.4 Å². The predicted molar refractivity (Wildman–Crippen MR) is 81.6 cm³/mol. The molecule has 2 rings (SSSR count). The third-order valence-corrected chi connectivity index (χ3v) is 5.51. The highest BCUT2D eigenvalue weighted by atomic mass is 79.9. The smallest absolute Gasteiger partial charge is 0.242 e. The fourth-order valence-electron chi connectivity index (χ4n) is 1.61. The van der Waals surface area contributed by atoms with E-state index in [2.05, 4.69) is 46.8 Å². The van der Waals surface area contributed by atoms with Crippen LogP contribution in [0, 0.1) is 0 Å². The van der Waals surface area contributed by atoms with E-state index in [1.54, 1.807) is 23.0 Å². The second-order valence-corrected chi connectivity index (χ2v) is 7.44. The molecule has 6 nitrogen and oxygen atoms in total. The molecule has 0 saturated heterocycles. The van der Waals surface area contributed by atoms with Crippen molar-refractivity contribution in [2.24, 2.45) is 0 Å². The normalized spacial score (nSPS) is 11.8. The summed E-state index contributed by atoms with van der Waals surface area (Å²) in [4.78, 5) is 0.184. The highest BCUT2D eigenvalue weighted by Gasteiger charge is 2.18. The van der Waals surface area contributed by atoms with Crippen LogP contribution < -0.4 is 4.72 Å². The maximum atomic E-state index is 12.2. The number of hydrogen-bond acceptors (Lipinski definition) is 4. The monoisotopic (exact) mass is 422 g/mol. The Balaban J connectivity index is 2.19. The van der Waals surface area contributed by atoms with E-state index in [-0.39, 0.29) is 11.4 Å². The summed E-state index contributed by atoms with van der Waals surface area (Å²) in [5.74, 6) is 0.573. The van der Waals surface area contributed by atoms with Gasteiger partial charge in [0.2, 0.25) is 10.0 Å². The third-order valence-electron chi connectivity index (χ3n) is 2.64. The lowest BCUT2D eigenvalue weighted by molar-refractivity contribution is 0.574. The number of nitrogens with zero attached hydrogens (tertiary/aromatic N) is 3. The van der Waals surface area contributed by atoms with E-state index in [4.69, 9.17) is 0 Å². The number of hydrogen-bond donors (Lipinski definition) is 1. The first kappa shape index (κ1) is 15.6. The van der Waals surface area contributed by atoms with Crippen LogP contribution in [0.25, 0.3) is 0 Å². The van der Waals surface area contributed by atoms with E-state index < -0.39 is 10.0 Å². The minimum Gasteiger partial charge on any atom is -0.317 e. The van der Waals surface area contributed by atoms with Gasteiger partial charge in [-0.15, -0.1) is 10.2 Å². The summed E-state index contributed by atoms with van der Waals surface area (Å²) in [5, 5.41) is 7.65. The summed E-state index contributed by atoms with van der Waals surface area (Å²) in [5.41, 5.74) is 0. The molecule has 1 aromatic heterocycles. The molecule has 2 aromatic rings. The molecule has 0 amide bonds. The topological polar surface area (TPSA) is 76.9 Å². The average molecular weight is 424 g/mol. The second kappa shape index (κ2) is 6.33. The Morgan fingerprint density at radius 1 is 1.35 bits per heavy atom. The van der Waals surface area contributed by atoms with Crippen molar-refractivity contribution in [2.75, 3.05) is 0 Å². The minimum absolute atomic E-state index is 0.0959. The SMILES string of the molecule is CCn1cnnc1CNS(=O)(=O)c1ccc(Br)cc1Br. The molecule has 108 valence electrons. The van der Waals surface area contributed by atoms with Gasteiger partial charge in [0.25, 0.3) is 0 Å². The Bertz CT molecular complexity index is 715. The molecule has 0 fully saturated rings. The molecule has 0 aliphatic carbocycles. The third kappa shape index (κ3) is 3.46. The molecule has 0 aliphatic rings. The Hall–Kier alpha value is -0.770. The molecule has 0 spiro atoms. The summed E-state index contributed by atoms with van der Waals surface area (Å²) in [6, 6.07) is 4.89. The summed E-state index contributed by atoms with van der Waals surface area (Å²) >= 11 is 6.53. The highest BCUT2D eigenvalue weighted by molar-refractivity contribution is 9.11. The molecule has 0 radical (unpaired) electrons. The fourth-order valence-corrected chi connectivity index (χ4v) is 4.33. The first-order valence-electron chi connectivity index (χ1n) is 5.75. The number of benzene rings is 1. The zero-order valence-corrected chi connectivity index (χ0v) is 14.5. The molecule has 0 atom stereocenters. The van der Waals surface area contributed by atoms with Crippen molar-refractivity contribution in [2.45, 2.75) is 24.9 Å². The van der Waals surface area contributed by atoms with Crippen LogP contribution in [0.15, 0.2) is 38.4 Å². The van der Waals surface area contributed by atoms with Crippen LogP contribution in [0.5, 0.6) is 0 Å². The van der Waals surface area contributed by atoms with Gasteiger partial charge in [-0.2, -0.15) is 0 Å². The van der Waals surface area contributed by atoms with Gasteiger partial charge in [-0.25, -0.2) is 13.1 Å². The van der Waals surface area contributed by atoms with E-state index in [0.29, 0.717) is 16.8 Å². The average Bonchev–Trinajstić information content (AvgIpc) is 2.83. The molecule has 0 bridgehead atoms. The highest BCUT2D eigenvalue weighted by Crippen LogP contribution is 2.25. The van der Waals surface area contributed by atoms with Crippen molar-refractivity contribution < 1.29 is 8.42 Å². The van der Waals surface area contributed by atoms with Crippen molar-refractivity contribution in [1.82, 2.24) is 19.5 Å². The maximum absolute atomic E-state index is 12.2. The van der Waals surface area contributed by atoms with Crippen LogP contribution in [0.2, 0.25) is 0 Å². The Morgan fingerprint density at radius 3 is 2.75 bits per heavy atom. The first-order chi connectivity index (χ1) is 9.44. The summed E-state index contributed by atoms with van der Waals surface area (Å²) in [7, 11) is -3.61. The molecule has 0 saturated carbocycles. The molecular formula is C11H12Br2N4O2S. The molecule has 0 aliphatic heterocycles. The number of halogens is 2. The second-order valence-electron chi connectivity index (χ2n) is 3.93. The van der Waals surface area contributed by atoms with Gasteiger partial charge < -0.3 is 4.57 Å². The quantitative estimate of drug-likeness (QED) is 0.800. The van der Waals surface area contributed by atoms with E-state index >= 15 is 0 Å². The molecule has 9 heteroatoms. The number of nitrogens with one attached hydrogen (secondary N) is 1. The molecule has 0 unspecified atom stereocenters. The largest absolute Gasteiger partial charge is 0.317 e. The van der Waals surface area contributed by atoms with E-state index in [9.17, 15) is 8.42 Å². The van der Waals surface area contributed by atoms with Gasteiger partial charge in [0.1, 0.15) is 12.2 Å². The number of aromatic nitrogens is 3. The van der Waals surface area contributed by atoms with E-state index in [0.717, 1.165) is 4.47 Å². The van der Waals surface area contributed by atoms with Crippen LogP contribution in [0.4, 0.5) is 0 Å². The molecule has 1 heterocycles. The zero-order valence-electron chi connectivity index (χ0n) is 10.5. The molecular weight excluding hydrogens is 412 g/mol. The zero-order chi connectivity index (χ0) is 14.8. The molecule has 1 N–H and O–H groups in total. The fraction of sp³-hybridized carbons (Fsp3) is 0.273. The molecule has 20 heavy (non-hydrogen) atoms. The van der Waals surface area contributed by atoms with Crippen LogP contribution >= 0.6 is 31.9 Å². The maximum Gasteiger partial charge on any atom is 0.242 e. The minimum atomic E-state index is -3.61. The van der Waals surface area contributed by atoms with Crippen LogP contribution in [0.3, 0.4) is 0 Å². The Kier molecular flexibility index (Phi) is 4.95. The van der Waals surface area contributed by atoms with E-state index in [1.807, 2.05) is 6.92 Å². The van der Waals surface area contributed by atoms with Crippen LogP contribution in [-0.2, 0) is 23.1 Å². The standard InChI is InChI=1S/C11H12Br2N4O2S/c1-2-17-7-14-16-11(17)6-15-20(18,19)10-4-3-8(12)5-9(10)13/h3-5,7,15H,2,6H2,1H3. The van der Waals surface area contributed by atoms with Gasteiger partial charge >= 0.3 is 0 Å². The predicted octanol–water partition coefficient (Wildman–Crippen LogP) is 2.30. The first-order valence-corrected chi connectivity index (χ1v) is 8.82. The molecule has 1 aromatic carbocycles. The lowest BCUT2D eigenvalue weighted by Gasteiger charge is -2.09. The van der Waals surface area contributed by atoms with Gasteiger partial charge in [0, 0.05) is 15.5 Å². The summed E-state index contributed by atoms with van der Waals surface area (Å²) in [6.45, 7) is 2.72. The number of rotatable bonds is 5. The lowest BCUT2D eigenvalue weighted by atomic mass is 10.4. The van der Waals surface area contributed by atoms with Gasteiger partial charge in [-0.05, 0) is 41.1 Å².